The van der Waals surface area contributed by atoms with Crippen LogP contribution in [0.4, 0.5) is 4.39 Å². The quantitative estimate of drug-likeness (QED) is 0.890. The molecule has 0 radical (unpaired) electrons. The van der Waals surface area contributed by atoms with Crippen LogP contribution >= 0.6 is 11.6 Å². The van der Waals surface area contributed by atoms with E-state index in [4.69, 9.17) is 11.6 Å². The molecule has 2 aromatic rings. The molecule has 100 valence electrons. The lowest BCUT2D eigenvalue weighted by molar-refractivity contribution is 0.429. The van der Waals surface area contributed by atoms with E-state index in [0.29, 0.717) is 17.3 Å². The maximum Gasteiger partial charge on any atom is 0.182 e. The van der Waals surface area contributed by atoms with Crippen LogP contribution < -0.4 is 0 Å². The molecule has 1 aliphatic carbocycles. The first kappa shape index (κ1) is 12.6. The van der Waals surface area contributed by atoms with Gasteiger partial charge in [-0.3, -0.25) is 5.10 Å². The normalized spacial score (nSPS) is 16.7. The van der Waals surface area contributed by atoms with E-state index < -0.39 is 5.82 Å². The SMILES string of the molecule is Fc1cccc(-c2n[nH]c(C3CCCCC3)n2)c1Cl. The number of aromatic amines is 1. The monoisotopic (exact) mass is 279 g/mol. The Morgan fingerprint density at radius 1 is 1.21 bits per heavy atom. The van der Waals surface area contributed by atoms with E-state index >= 15 is 0 Å². The maximum absolute atomic E-state index is 13.4. The van der Waals surface area contributed by atoms with Crippen molar-refractivity contribution < 1.29 is 4.39 Å². The maximum atomic E-state index is 13.4. The van der Waals surface area contributed by atoms with E-state index in [1.807, 2.05) is 0 Å². The Kier molecular flexibility index (Phi) is 3.51. The van der Waals surface area contributed by atoms with Crippen molar-refractivity contribution in [3.05, 3.63) is 34.9 Å². The molecule has 1 N–H and O–H groups in total. The van der Waals surface area contributed by atoms with Crippen molar-refractivity contribution in [2.45, 2.75) is 38.0 Å². The molecule has 0 unspecified atom stereocenters. The molecule has 0 saturated heterocycles. The topological polar surface area (TPSA) is 41.6 Å². The summed E-state index contributed by atoms with van der Waals surface area (Å²) >= 11 is 5.95. The van der Waals surface area contributed by atoms with Gasteiger partial charge in [0.1, 0.15) is 11.6 Å². The molecule has 5 heteroatoms. The van der Waals surface area contributed by atoms with Crippen LogP contribution in [0.3, 0.4) is 0 Å². The van der Waals surface area contributed by atoms with Crippen LogP contribution in [-0.4, -0.2) is 15.2 Å². The molecule has 0 spiro atoms. The summed E-state index contributed by atoms with van der Waals surface area (Å²) in [6.07, 6.45) is 6.06. The van der Waals surface area contributed by atoms with Gasteiger partial charge in [0.15, 0.2) is 5.82 Å². The second kappa shape index (κ2) is 5.29. The fourth-order valence-electron chi connectivity index (χ4n) is 2.63. The highest BCUT2D eigenvalue weighted by Gasteiger charge is 2.20. The average molecular weight is 280 g/mol. The number of hydrogen-bond donors (Lipinski definition) is 1. The number of nitrogens with zero attached hydrogens (tertiary/aromatic N) is 2. The average Bonchev–Trinajstić information content (AvgIpc) is 2.92. The van der Waals surface area contributed by atoms with Gasteiger partial charge >= 0.3 is 0 Å². The second-order valence-electron chi connectivity index (χ2n) is 4.98. The molecule has 1 aromatic heterocycles. The van der Waals surface area contributed by atoms with E-state index in [0.717, 1.165) is 18.7 Å². The van der Waals surface area contributed by atoms with Gasteiger partial charge in [-0.2, -0.15) is 5.10 Å². The summed E-state index contributed by atoms with van der Waals surface area (Å²) in [5, 5.41) is 7.24. The van der Waals surface area contributed by atoms with Crippen LogP contribution in [0.15, 0.2) is 18.2 Å². The predicted molar refractivity (Wildman–Crippen MR) is 72.6 cm³/mol. The third-order valence-corrected chi connectivity index (χ3v) is 4.07. The van der Waals surface area contributed by atoms with Crippen molar-refractivity contribution in [2.75, 3.05) is 0 Å². The highest BCUT2D eigenvalue weighted by Crippen LogP contribution is 2.32. The molecule has 3 nitrogen and oxygen atoms in total. The lowest BCUT2D eigenvalue weighted by Crippen LogP contribution is -2.06. The first-order valence-electron chi connectivity index (χ1n) is 6.62. The molecular formula is C14H15ClFN3. The molecule has 0 amide bonds. The van der Waals surface area contributed by atoms with Crippen molar-refractivity contribution in [3.63, 3.8) is 0 Å². The van der Waals surface area contributed by atoms with Crippen LogP contribution in [0.1, 0.15) is 43.8 Å². The van der Waals surface area contributed by atoms with Gasteiger partial charge in [0.2, 0.25) is 0 Å². The number of H-pyrrole nitrogens is 1. The molecule has 0 bridgehead atoms. The minimum atomic E-state index is -0.441. The zero-order valence-electron chi connectivity index (χ0n) is 10.5. The summed E-state index contributed by atoms with van der Waals surface area (Å²) in [5.41, 5.74) is 0.542. The predicted octanol–water partition coefficient (Wildman–Crippen LogP) is 4.31. The number of halogens is 2. The number of hydrogen-bond acceptors (Lipinski definition) is 2. The largest absolute Gasteiger partial charge is 0.262 e. The van der Waals surface area contributed by atoms with E-state index in [-0.39, 0.29) is 5.02 Å². The van der Waals surface area contributed by atoms with Crippen molar-refractivity contribution in [1.29, 1.82) is 0 Å². The fourth-order valence-corrected chi connectivity index (χ4v) is 2.84. The Morgan fingerprint density at radius 2 is 2.00 bits per heavy atom. The minimum Gasteiger partial charge on any atom is -0.262 e. The van der Waals surface area contributed by atoms with Crippen molar-refractivity contribution in [3.8, 4) is 11.4 Å². The molecule has 1 aromatic carbocycles. The first-order chi connectivity index (χ1) is 9.25. The number of benzene rings is 1. The third-order valence-electron chi connectivity index (χ3n) is 3.69. The number of rotatable bonds is 2. The molecule has 1 fully saturated rings. The second-order valence-corrected chi connectivity index (χ2v) is 5.36. The third kappa shape index (κ3) is 2.50. The van der Waals surface area contributed by atoms with Gasteiger partial charge in [-0.1, -0.05) is 36.9 Å². The molecule has 0 aliphatic heterocycles. The van der Waals surface area contributed by atoms with Crippen LogP contribution in [0.5, 0.6) is 0 Å². The van der Waals surface area contributed by atoms with E-state index in [9.17, 15) is 4.39 Å². The lowest BCUT2D eigenvalue weighted by Gasteiger charge is -2.18. The van der Waals surface area contributed by atoms with Crippen LogP contribution in [-0.2, 0) is 0 Å². The lowest BCUT2D eigenvalue weighted by atomic mass is 9.89. The minimum absolute atomic E-state index is 0.0803. The summed E-state index contributed by atoms with van der Waals surface area (Å²) in [6, 6.07) is 4.69. The molecule has 1 heterocycles. The molecular weight excluding hydrogens is 265 g/mol. The van der Waals surface area contributed by atoms with Gasteiger partial charge in [0.05, 0.1) is 5.02 Å². The van der Waals surface area contributed by atoms with E-state index in [1.54, 1.807) is 12.1 Å². The standard InChI is InChI=1S/C14H15ClFN3/c15-12-10(7-4-8-11(12)16)14-17-13(18-19-14)9-5-2-1-3-6-9/h4,7-9H,1-3,5-6H2,(H,17,18,19). The first-order valence-corrected chi connectivity index (χ1v) is 7.00. The van der Waals surface area contributed by atoms with Crippen LogP contribution in [0.2, 0.25) is 5.02 Å². The Balaban J connectivity index is 1.90. The fraction of sp³-hybridized carbons (Fsp3) is 0.429. The summed E-state index contributed by atoms with van der Waals surface area (Å²) in [6.45, 7) is 0. The van der Waals surface area contributed by atoms with Gasteiger partial charge in [0.25, 0.3) is 0 Å². The zero-order valence-corrected chi connectivity index (χ0v) is 11.3. The van der Waals surface area contributed by atoms with Crippen LogP contribution in [0, 0.1) is 5.82 Å². The Morgan fingerprint density at radius 3 is 2.79 bits per heavy atom. The summed E-state index contributed by atoms with van der Waals surface area (Å²) < 4.78 is 13.4. The van der Waals surface area contributed by atoms with Gasteiger partial charge < -0.3 is 0 Å². The molecule has 0 atom stereocenters. The zero-order chi connectivity index (χ0) is 13.2. The van der Waals surface area contributed by atoms with Gasteiger partial charge in [0, 0.05) is 11.5 Å². The Labute approximate surface area is 116 Å². The highest BCUT2D eigenvalue weighted by atomic mass is 35.5. The molecule has 3 rings (SSSR count). The van der Waals surface area contributed by atoms with Gasteiger partial charge in [-0.25, -0.2) is 9.37 Å². The van der Waals surface area contributed by atoms with Crippen molar-refractivity contribution >= 4 is 11.6 Å². The van der Waals surface area contributed by atoms with Crippen LogP contribution in [0.25, 0.3) is 11.4 Å². The Hall–Kier alpha value is -1.42. The summed E-state index contributed by atoms with van der Waals surface area (Å²) in [7, 11) is 0. The van der Waals surface area contributed by atoms with Crippen molar-refractivity contribution in [1.82, 2.24) is 15.2 Å². The molecule has 1 saturated carbocycles. The summed E-state index contributed by atoms with van der Waals surface area (Å²) in [5.74, 6) is 1.38. The smallest absolute Gasteiger partial charge is 0.182 e. The number of nitrogens with one attached hydrogen (secondary N) is 1. The van der Waals surface area contributed by atoms with Gasteiger partial charge in [-0.05, 0) is 25.0 Å². The van der Waals surface area contributed by atoms with Crippen molar-refractivity contribution in [2.24, 2.45) is 0 Å². The van der Waals surface area contributed by atoms with E-state index in [1.165, 1.54) is 25.3 Å². The molecule has 19 heavy (non-hydrogen) atoms. The number of aromatic nitrogens is 3. The van der Waals surface area contributed by atoms with E-state index in [2.05, 4.69) is 15.2 Å². The molecule has 1 aliphatic rings. The Bertz CT molecular complexity index is 576. The van der Waals surface area contributed by atoms with Gasteiger partial charge in [-0.15, -0.1) is 0 Å². The summed E-state index contributed by atoms with van der Waals surface area (Å²) in [4.78, 5) is 4.49. The highest BCUT2D eigenvalue weighted by molar-refractivity contribution is 6.33.